The predicted octanol–water partition coefficient (Wildman–Crippen LogP) is 2.37. The molecule has 0 radical (unpaired) electrons. The second-order valence-electron chi connectivity index (χ2n) is 5.27. The van der Waals surface area contributed by atoms with Crippen molar-refractivity contribution in [3.63, 3.8) is 0 Å². The highest BCUT2D eigenvalue weighted by Gasteiger charge is 2.03. The lowest BCUT2D eigenvalue weighted by Crippen LogP contribution is -2.21. The maximum absolute atomic E-state index is 8.94. The van der Waals surface area contributed by atoms with Crippen LogP contribution in [0.25, 0.3) is 0 Å². The fourth-order valence-electron chi connectivity index (χ4n) is 1.92. The van der Waals surface area contributed by atoms with Crippen molar-refractivity contribution in [1.82, 2.24) is 14.9 Å². The Morgan fingerprint density at radius 1 is 1.23 bits per heavy atom. The van der Waals surface area contributed by atoms with Gasteiger partial charge < -0.3 is 15.5 Å². The van der Waals surface area contributed by atoms with Crippen molar-refractivity contribution in [3.05, 3.63) is 41.6 Å². The monoisotopic (exact) mass is 296 g/mol. The average Bonchev–Trinajstić information content (AvgIpc) is 2.46. The van der Waals surface area contributed by atoms with Crippen LogP contribution in [0.4, 0.5) is 17.5 Å². The van der Waals surface area contributed by atoms with Gasteiger partial charge >= 0.3 is 0 Å². The SMILES string of the molecule is Cc1cc(Nc2cccc(C#N)c2)nc(NCCN(C)C)n1. The van der Waals surface area contributed by atoms with Gasteiger partial charge in [-0.15, -0.1) is 0 Å². The van der Waals surface area contributed by atoms with Gasteiger partial charge in [-0.05, 0) is 39.2 Å². The molecule has 1 heterocycles. The van der Waals surface area contributed by atoms with Gasteiger partial charge in [0, 0.05) is 30.5 Å². The van der Waals surface area contributed by atoms with Gasteiger partial charge in [0.1, 0.15) is 5.82 Å². The first-order valence-corrected chi connectivity index (χ1v) is 7.08. The van der Waals surface area contributed by atoms with Gasteiger partial charge in [0.2, 0.25) is 5.95 Å². The lowest BCUT2D eigenvalue weighted by molar-refractivity contribution is 0.425. The van der Waals surface area contributed by atoms with Gasteiger partial charge in [-0.1, -0.05) is 6.07 Å². The van der Waals surface area contributed by atoms with Crippen LogP contribution < -0.4 is 10.6 Å². The Bertz CT molecular complexity index is 675. The number of hydrogen-bond acceptors (Lipinski definition) is 6. The van der Waals surface area contributed by atoms with Crippen LogP contribution in [0.15, 0.2) is 30.3 Å². The molecule has 0 aliphatic heterocycles. The third-order valence-electron chi connectivity index (χ3n) is 2.96. The zero-order valence-corrected chi connectivity index (χ0v) is 13.1. The number of aromatic nitrogens is 2. The molecule has 0 atom stereocenters. The summed E-state index contributed by atoms with van der Waals surface area (Å²) in [6.07, 6.45) is 0. The summed E-state index contributed by atoms with van der Waals surface area (Å²) in [5.41, 5.74) is 2.32. The molecule has 0 amide bonds. The number of hydrogen-bond donors (Lipinski definition) is 2. The fraction of sp³-hybridized carbons (Fsp3) is 0.312. The summed E-state index contributed by atoms with van der Waals surface area (Å²) in [7, 11) is 4.04. The molecule has 0 saturated heterocycles. The van der Waals surface area contributed by atoms with Crippen LogP contribution in [0.2, 0.25) is 0 Å². The highest BCUT2D eigenvalue weighted by atomic mass is 15.2. The lowest BCUT2D eigenvalue weighted by Gasteiger charge is -2.12. The van der Waals surface area contributed by atoms with E-state index in [0.29, 0.717) is 17.3 Å². The van der Waals surface area contributed by atoms with E-state index in [4.69, 9.17) is 5.26 Å². The van der Waals surface area contributed by atoms with Crippen molar-refractivity contribution < 1.29 is 0 Å². The first-order chi connectivity index (χ1) is 10.6. The number of nitrogens with zero attached hydrogens (tertiary/aromatic N) is 4. The molecule has 0 aliphatic carbocycles. The Balaban J connectivity index is 2.10. The fourth-order valence-corrected chi connectivity index (χ4v) is 1.92. The normalized spacial score (nSPS) is 10.3. The van der Waals surface area contributed by atoms with Crippen LogP contribution in [0, 0.1) is 18.3 Å². The largest absolute Gasteiger partial charge is 0.353 e. The molecule has 2 aromatic rings. The van der Waals surface area contributed by atoms with Gasteiger partial charge in [0.15, 0.2) is 0 Å². The van der Waals surface area contributed by atoms with Gasteiger partial charge in [-0.25, -0.2) is 4.98 Å². The molecule has 114 valence electrons. The van der Waals surface area contributed by atoms with Crippen LogP contribution in [0.1, 0.15) is 11.3 Å². The molecule has 2 rings (SSSR count). The zero-order chi connectivity index (χ0) is 15.9. The molecule has 2 N–H and O–H groups in total. The lowest BCUT2D eigenvalue weighted by atomic mass is 10.2. The quantitative estimate of drug-likeness (QED) is 0.852. The van der Waals surface area contributed by atoms with E-state index in [-0.39, 0.29) is 0 Å². The molecule has 6 heteroatoms. The van der Waals surface area contributed by atoms with Crippen molar-refractivity contribution in [1.29, 1.82) is 5.26 Å². The Labute approximate surface area is 130 Å². The second-order valence-corrected chi connectivity index (χ2v) is 5.27. The van der Waals surface area contributed by atoms with Crippen LogP contribution in [0.5, 0.6) is 0 Å². The summed E-state index contributed by atoms with van der Waals surface area (Å²) in [6, 6.07) is 11.3. The number of nitriles is 1. The number of aryl methyl sites for hydroxylation is 1. The topological polar surface area (TPSA) is 76.9 Å². The Hall–Kier alpha value is -2.65. The third-order valence-corrected chi connectivity index (χ3v) is 2.96. The summed E-state index contributed by atoms with van der Waals surface area (Å²) in [6.45, 7) is 3.61. The van der Waals surface area contributed by atoms with E-state index in [1.54, 1.807) is 12.1 Å². The molecule has 0 bridgehead atoms. The zero-order valence-electron chi connectivity index (χ0n) is 13.1. The molecule has 0 saturated carbocycles. The minimum absolute atomic E-state index is 0.598. The summed E-state index contributed by atoms with van der Waals surface area (Å²) in [4.78, 5) is 10.9. The van der Waals surface area contributed by atoms with Crippen molar-refractivity contribution in [2.75, 3.05) is 37.8 Å². The van der Waals surface area contributed by atoms with Gasteiger partial charge in [0.05, 0.1) is 11.6 Å². The molecule has 1 aromatic heterocycles. The Kier molecular flexibility index (Phi) is 5.28. The molecule has 22 heavy (non-hydrogen) atoms. The van der Waals surface area contributed by atoms with Crippen LogP contribution in [0.3, 0.4) is 0 Å². The van der Waals surface area contributed by atoms with E-state index in [9.17, 15) is 0 Å². The molecular weight excluding hydrogens is 276 g/mol. The van der Waals surface area contributed by atoms with Crippen LogP contribution >= 0.6 is 0 Å². The molecule has 1 aromatic carbocycles. The number of anilines is 3. The van der Waals surface area contributed by atoms with Gasteiger partial charge in [-0.2, -0.15) is 10.2 Å². The van der Waals surface area contributed by atoms with E-state index >= 15 is 0 Å². The van der Waals surface area contributed by atoms with E-state index in [1.807, 2.05) is 39.2 Å². The van der Waals surface area contributed by atoms with E-state index in [2.05, 4.69) is 31.6 Å². The van der Waals surface area contributed by atoms with E-state index in [0.717, 1.165) is 24.5 Å². The number of likely N-dealkylation sites (N-methyl/N-ethyl adjacent to an activating group) is 1. The second kappa shape index (κ2) is 7.38. The summed E-state index contributed by atoms with van der Waals surface area (Å²) in [5, 5.41) is 15.4. The summed E-state index contributed by atoms with van der Waals surface area (Å²) >= 11 is 0. The Morgan fingerprint density at radius 3 is 2.77 bits per heavy atom. The van der Waals surface area contributed by atoms with Crippen LogP contribution in [-0.4, -0.2) is 42.1 Å². The van der Waals surface area contributed by atoms with Crippen molar-refractivity contribution in [2.45, 2.75) is 6.92 Å². The average molecular weight is 296 g/mol. The highest BCUT2D eigenvalue weighted by Crippen LogP contribution is 2.17. The van der Waals surface area contributed by atoms with Gasteiger partial charge in [0.25, 0.3) is 0 Å². The number of rotatable bonds is 6. The summed E-state index contributed by atoms with van der Waals surface area (Å²) < 4.78 is 0. The van der Waals surface area contributed by atoms with Crippen molar-refractivity contribution >= 4 is 17.5 Å². The maximum Gasteiger partial charge on any atom is 0.224 e. The number of nitrogens with one attached hydrogen (secondary N) is 2. The van der Waals surface area contributed by atoms with Crippen molar-refractivity contribution in [3.8, 4) is 6.07 Å². The minimum atomic E-state index is 0.598. The smallest absolute Gasteiger partial charge is 0.224 e. The molecular formula is C16H20N6. The molecule has 0 fully saturated rings. The minimum Gasteiger partial charge on any atom is -0.353 e. The third kappa shape index (κ3) is 4.72. The van der Waals surface area contributed by atoms with E-state index < -0.39 is 0 Å². The molecule has 0 aliphatic rings. The summed E-state index contributed by atoms with van der Waals surface area (Å²) in [5.74, 6) is 1.30. The molecule has 0 unspecified atom stereocenters. The standard InChI is InChI=1S/C16H20N6/c1-12-9-15(20-14-6-4-5-13(10-14)11-17)21-16(19-12)18-7-8-22(2)3/h4-6,9-10H,7-8H2,1-3H3,(H2,18,19,20,21). The van der Waals surface area contributed by atoms with Crippen LogP contribution in [-0.2, 0) is 0 Å². The maximum atomic E-state index is 8.94. The van der Waals surface area contributed by atoms with Crippen molar-refractivity contribution in [2.24, 2.45) is 0 Å². The van der Waals surface area contributed by atoms with Gasteiger partial charge in [-0.3, -0.25) is 0 Å². The Morgan fingerprint density at radius 2 is 2.05 bits per heavy atom. The first kappa shape index (κ1) is 15.7. The molecule has 0 spiro atoms. The number of benzene rings is 1. The predicted molar refractivity (Wildman–Crippen MR) is 88.3 cm³/mol. The highest BCUT2D eigenvalue weighted by molar-refractivity contribution is 5.59. The first-order valence-electron chi connectivity index (χ1n) is 7.08. The molecule has 6 nitrogen and oxygen atoms in total. The van der Waals surface area contributed by atoms with E-state index in [1.165, 1.54) is 0 Å².